The molecule has 1 heterocycles. The van der Waals surface area contributed by atoms with Crippen LogP contribution in [0.4, 0.5) is 0 Å². The Kier molecular flexibility index (Phi) is 6.20. The Balaban J connectivity index is 1.41. The summed E-state index contributed by atoms with van der Waals surface area (Å²) < 4.78 is 0. The van der Waals surface area contributed by atoms with Gasteiger partial charge in [-0.1, -0.05) is 54.6 Å². The molecule has 25 heavy (non-hydrogen) atoms. The molecule has 1 unspecified atom stereocenters. The van der Waals surface area contributed by atoms with Crippen molar-refractivity contribution in [3.8, 4) is 0 Å². The van der Waals surface area contributed by atoms with Gasteiger partial charge in [0.1, 0.15) is 0 Å². The monoisotopic (exact) mass is 337 g/mol. The molecule has 4 heteroatoms. The fourth-order valence-corrected chi connectivity index (χ4v) is 3.39. The third kappa shape index (κ3) is 4.91. The third-order valence-electron chi connectivity index (χ3n) is 4.72. The van der Waals surface area contributed by atoms with Crippen LogP contribution in [0.3, 0.4) is 0 Å². The van der Waals surface area contributed by atoms with Crippen molar-refractivity contribution in [1.29, 1.82) is 0 Å². The van der Waals surface area contributed by atoms with Crippen molar-refractivity contribution in [3.63, 3.8) is 0 Å². The van der Waals surface area contributed by atoms with Crippen LogP contribution in [-0.4, -0.2) is 37.5 Å². The van der Waals surface area contributed by atoms with Crippen LogP contribution >= 0.6 is 0 Å². The van der Waals surface area contributed by atoms with E-state index in [9.17, 15) is 4.79 Å². The highest BCUT2D eigenvalue weighted by Crippen LogP contribution is 2.23. The minimum atomic E-state index is -0.0769. The van der Waals surface area contributed by atoms with Gasteiger partial charge in [-0.2, -0.15) is 0 Å². The van der Waals surface area contributed by atoms with Crippen molar-refractivity contribution in [1.82, 2.24) is 15.5 Å². The Hall–Kier alpha value is -2.17. The first-order valence-corrected chi connectivity index (χ1v) is 9.03. The summed E-state index contributed by atoms with van der Waals surface area (Å²) in [5.41, 5.74) is 3.72. The molecule has 2 aromatic rings. The van der Waals surface area contributed by atoms with E-state index in [2.05, 4.69) is 59.0 Å². The standard InChI is InChI=1S/C21H27N3O/c1-24(16-17-8-3-2-4-9-17)13-7-12-23-21(25)20-15-22-14-18-10-5-6-11-19(18)20/h2-6,8-11,20,22H,7,12-16H2,1H3,(H,23,25). The lowest BCUT2D eigenvalue weighted by molar-refractivity contribution is -0.122. The topological polar surface area (TPSA) is 44.4 Å². The molecule has 0 saturated heterocycles. The first-order valence-electron chi connectivity index (χ1n) is 9.03. The summed E-state index contributed by atoms with van der Waals surface area (Å²) >= 11 is 0. The minimum absolute atomic E-state index is 0.0769. The van der Waals surface area contributed by atoms with E-state index in [1.54, 1.807) is 0 Å². The molecule has 0 aliphatic carbocycles. The van der Waals surface area contributed by atoms with Crippen molar-refractivity contribution < 1.29 is 4.79 Å². The quantitative estimate of drug-likeness (QED) is 0.763. The summed E-state index contributed by atoms with van der Waals surface area (Å²) in [6, 6.07) is 18.7. The van der Waals surface area contributed by atoms with E-state index < -0.39 is 0 Å². The van der Waals surface area contributed by atoms with Gasteiger partial charge in [0.2, 0.25) is 5.91 Å². The van der Waals surface area contributed by atoms with Crippen LogP contribution < -0.4 is 10.6 Å². The summed E-state index contributed by atoms with van der Waals surface area (Å²) in [6.07, 6.45) is 0.955. The average molecular weight is 337 g/mol. The van der Waals surface area contributed by atoms with Crippen LogP contribution in [0.1, 0.15) is 29.0 Å². The third-order valence-corrected chi connectivity index (χ3v) is 4.72. The van der Waals surface area contributed by atoms with Crippen LogP contribution in [0.25, 0.3) is 0 Å². The molecular weight excluding hydrogens is 310 g/mol. The number of benzene rings is 2. The number of hydrogen-bond donors (Lipinski definition) is 2. The van der Waals surface area contributed by atoms with Crippen molar-refractivity contribution in [3.05, 3.63) is 71.3 Å². The van der Waals surface area contributed by atoms with Gasteiger partial charge in [-0.3, -0.25) is 4.79 Å². The summed E-state index contributed by atoms with van der Waals surface area (Å²) in [5.74, 6) is 0.0531. The zero-order chi connectivity index (χ0) is 17.5. The highest BCUT2D eigenvalue weighted by Gasteiger charge is 2.25. The number of hydrogen-bond acceptors (Lipinski definition) is 3. The van der Waals surface area contributed by atoms with Crippen LogP contribution in [0.2, 0.25) is 0 Å². The number of nitrogens with zero attached hydrogens (tertiary/aromatic N) is 1. The molecule has 0 saturated carbocycles. The summed E-state index contributed by atoms with van der Waals surface area (Å²) in [6.45, 7) is 4.20. The Morgan fingerprint density at radius 2 is 1.92 bits per heavy atom. The number of fused-ring (bicyclic) bond motifs is 1. The van der Waals surface area contributed by atoms with Gasteiger partial charge in [0.15, 0.2) is 0 Å². The highest BCUT2D eigenvalue weighted by molar-refractivity contribution is 5.84. The molecule has 132 valence electrons. The van der Waals surface area contributed by atoms with E-state index in [0.29, 0.717) is 0 Å². The second kappa shape index (κ2) is 8.79. The lowest BCUT2D eigenvalue weighted by Gasteiger charge is -2.25. The van der Waals surface area contributed by atoms with Crippen LogP contribution in [0, 0.1) is 0 Å². The predicted octanol–water partition coefficient (Wildman–Crippen LogP) is 2.51. The number of rotatable bonds is 7. The van der Waals surface area contributed by atoms with E-state index in [-0.39, 0.29) is 11.8 Å². The number of carbonyl (C=O) groups excluding carboxylic acids is 1. The second-order valence-electron chi connectivity index (χ2n) is 6.75. The first-order chi connectivity index (χ1) is 12.2. The van der Waals surface area contributed by atoms with Crippen molar-refractivity contribution in [2.75, 3.05) is 26.7 Å². The molecule has 0 radical (unpaired) electrons. The molecule has 0 aromatic heterocycles. The molecule has 0 bridgehead atoms. The Labute approximate surface area is 150 Å². The van der Waals surface area contributed by atoms with Crippen LogP contribution in [0.5, 0.6) is 0 Å². The van der Waals surface area contributed by atoms with Crippen molar-refractivity contribution in [2.24, 2.45) is 0 Å². The molecule has 2 N–H and O–H groups in total. The van der Waals surface area contributed by atoms with Gasteiger partial charge < -0.3 is 15.5 Å². The summed E-state index contributed by atoms with van der Waals surface area (Å²) in [4.78, 5) is 14.8. The second-order valence-corrected chi connectivity index (χ2v) is 6.75. The van der Waals surface area contributed by atoms with Gasteiger partial charge in [-0.05, 0) is 36.7 Å². The Morgan fingerprint density at radius 3 is 2.76 bits per heavy atom. The molecule has 1 aliphatic rings. The molecule has 0 spiro atoms. The van der Waals surface area contributed by atoms with Gasteiger partial charge >= 0.3 is 0 Å². The van der Waals surface area contributed by atoms with E-state index in [1.165, 1.54) is 16.7 Å². The maximum Gasteiger partial charge on any atom is 0.228 e. The fourth-order valence-electron chi connectivity index (χ4n) is 3.39. The van der Waals surface area contributed by atoms with Gasteiger partial charge in [0.05, 0.1) is 5.92 Å². The maximum atomic E-state index is 12.5. The van der Waals surface area contributed by atoms with Gasteiger partial charge in [-0.15, -0.1) is 0 Å². The number of carbonyl (C=O) groups is 1. The largest absolute Gasteiger partial charge is 0.355 e. The van der Waals surface area contributed by atoms with E-state index >= 15 is 0 Å². The van der Waals surface area contributed by atoms with Crippen molar-refractivity contribution >= 4 is 5.91 Å². The maximum absolute atomic E-state index is 12.5. The molecular formula is C21H27N3O. The molecule has 2 aromatic carbocycles. The smallest absolute Gasteiger partial charge is 0.228 e. The predicted molar refractivity (Wildman–Crippen MR) is 101 cm³/mol. The van der Waals surface area contributed by atoms with Gasteiger partial charge in [0.25, 0.3) is 0 Å². The Bertz CT molecular complexity index is 687. The van der Waals surface area contributed by atoms with Crippen LogP contribution in [-0.2, 0) is 17.9 Å². The number of amides is 1. The Morgan fingerprint density at radius 1 is 1.16 bits per heavy atom. The molecule has 1 amide bonds. The van der Waals surface area contributed by atoms with Gasteiger partial charge in [-0.25, -0.2) is 0 Å². The zero-order valence-corrected chi connectivity index (χ0v) is 14.9. The summed E-state index contributed by atoms with van der Waals surface area (Å²) in [7, 11) is 2.12. The van der Waals surface area contributed by atoms with E-state index in [4.69, 9.17) is 0 Å². The molecule has 1 aliphatic heterocycles. The SMILES string of the molecule is CN(CCCNC(=O)C1CNCc2ccccc21)Cc1ccccc1. The number of nitrogens with one attached hydrogen (secondary N) is 2. The lowest BCUT2D eigenvalue weighted by Crippen LogP contribution is -2.39. The average Bonchev–Trinajstić information content (AvgIpc) is 2.65. The molecule has 1 atom stereocenters. The minimum Gasteiger partial charge on any atom is -0.355 e. The highest BCUT2D eigenvalue weighted by atomic mass is 16.1. The zero-order valence-electron chi connectivity index (χ0n) is 14.9. The fraction of sp³-hybridized carbons (Fsp3) is 0.381. The van der Waals surface area contributed by atoms with E-state index in [0.717, 1.165) is 39.1 Å². The lowest BCUT2D eigenvalue weighted by atomic mass is 9.90. The van der Waals surface area contributed by atoms with Crippen molar-refractivity contribution in [2.45, 2.75) is 25.4 Å². The first kappa shape index (κ1) is 17.6. The normalized spacial score (nSPS) is 16.5. The molecule has 0 fully saturated rings. The van der Waals surface area contributed by atoms with Crippen LogP contribution in [0.15, 0.2) is 54.6 Å². The summed E-state index contributed by atoms with van der Waals surface area (Å²) in [5, 5.41) is 6.45. The van der Waals surface area contributed by atoms with E-state index in [1.807, 2.05) is 18.2 Å². The molecule has 3 rings (SSSR count). The molecule has 4 nitrogen and oxygen atoms in total. The van der Waals surface area contributed by atoms with Gasteiger partial charge in [0, 0.05) is 26.2 Å².